The van der Waals surface area contributed by atoms with Gasteiger partial charge >= 0.3 is 0 Å². The molecule has 0 aromatic heterocycles. The number of aliphatic hydroxyl groups is 2. The molecular formula is C14H28O4. The first-order chi connectivity index (χ1) is 8.98. The molecule has 1 saturated heterocycles. The van der Waals surface area contributed by atoms with Crippen molar-refractivity contribution in [2.24, 2.45) is 5.92 Å². The maximum Gasteiger partial charge on any atom is 0.157 e. The molecule has 0 aromatic carbocycles. The Morgan fingerprint density at radius 3 is 2.89 bits per heavy atom. The molecular weight excluding hydrogens is 232 g/mol. The Morgan fingerprint density at radius 2 is 2.33 bits per heavy atom. The minimum atomic E-state index is -1.30. The number of hydrogen-bond donors (Lipinski definition) is 2. The van der Waals surface area contributed by atoms with E-state index in [1.807, 2.05) is 0 Å². The van der Waals surface area contributed by atoms with Crippen molar-refractivity contribution in [3.8, 4) is 0 Å². The molecule has 1 heterocycles. The lowest BCUT2D eigenvalue weighted by Gasteiger charge is -2.27. The topological polar surface area (TPSA) is 58.9 Å². The van der Waals surface area contributed by atoms with Crippen molar-refractivity contribution in [1.29, 1.82) is 0 Å². The molecule has 2 unspecified atom stereocenters. The molecule has 0 radical (unpaired) electrons. The van der Waals surface area contributed by atoms with Crippen LogP contribution in [0, 0.1) is 5.92 Å². The average Bonchev–Trinajstić information content (AvgIpc) is 2.43. The molecule has 18 heavy (non-hydrogen) atoms. The molecule has 1 aliphatic heterocycles. The second-order valence-electron chi connectivity index (χ2n) is 5.32. The van der Waals surface area contributed by atoms with Crippen molar-refractivity contribution in [3.05, 3.63) is 0 Å². The van der Waals surface area contributed by atoms with Gasteiger partial charge in [-0.2, -0.15) is 0 Å². The van der Waals surface area contributed by atoms with Gasteiger partial charge in [-0.05, 0) is 44.4 Å². The third-order valence-corrected chi connectivity index (χ3v) is 3.59. The van der Waals surface area contributed by atoms with E-state index in [4.69, 9.17) is 10.8 Å². The summed E-state index contributed by atoms with van der Waals surface area (Å²) in [5, 5.41) is 19.2. The lowest BCUT2D eigenvalue weighted by molar-refractivity contribution is -0.169. The Morgan fingerprint density at radius 1 is 1.56 bits per heavy atom. The first-order valence-corrected chi connectivity index (χ1v) is 6.96. The van der Waals surface area contributed by atoms with Crippen LogP contribution in [0.15, 0.2) is 0 Å². The Balaban J connectivity index is 2.21. The monoisotopic (exact) mass is 261 g/mol. The molecule has 4 heteroatoms. The summed E-state index contributed by atoms with van der Waals surface area (Å²) in [6.07, 6.45) is 3.60. The molecule has 0 bridgehead atoms. The van der Waals surface area contributed by atoms with Crippen LogP contribution in [-0.2, 0) is 9.47 Å². The SMILES string of the molecule is [2H]C(C)[C@@](O)(CO)CC[C@@H](C)COC1CCCCO1. The summed E-state index contributed by atoms with van der Waals surface area (Å²) in [6, 6.07) is 0. The minimum Gasteiger partial charge on any atom is -0.393 e. The van der Waals surface area contributed by atoms with Gasteiger partial charge in [0, 0.05) is 7.98 Å². The van der Waals surface area contributed by atoms with Crippen molar-refractivity contribution in [1.82, 2.24) is 0 Å². The highest BCUT2D eigenvalue weighted by atomic mass is 16.7. The molecule has 0 spiro atoms. The molecule has 0 aromatic rings. The molecule has 2 N–H and O–H groups in total. The number of rotatable bonds is 8. The van der Waals surface area contributed by atoms with Crippen LogP contribution in [0.4, 0.5) is 0 Å². The van der Waals surface area contributed by atoms with Gasteiger partial charge in [0.1, 0.15) is 0 Å². The van der Waals surface area contributed by atoms with E-state index in [-0.39, 0.29) is 18.8 Å². The van der Waals surface area contributed by atoms with Crippen LogP contribution >= 0.6 is 0 Å². The summed E-state index contributed by atoms with van der Waals surface area (Å²) in [4.78, 5) is 0. The van der Waals surface area contributed by atoms with Crippen molar-refractivity contribution in [2.45, 2.75) is 64.2 Å². The van der Waals surface area contributed by atoms with E-state index in [0.29, 0.717) is 13.0 Å². The van der Waals surface area contributed by atoms with Crippen molar-refractivity contribution < 1.29 is 21.1 Å². The third-order valence-electron chi connectivity index (χ3n) is 3.59. The van der Waals surface area contributed by atoms with E-state index in [0.717, 1.165) is 32.3 Å². The van der Waals surface area contributed by atoms with Gasteiger partial charge in [0.2, 0.25) is 0 Å². The van der Waals surface area contributed by atoms with Gasteiger partial charge < -0.3 is 19.7 Å². The molecule has 1 rings (SSSR count). The Kier molecular flexibility index (Phi) is 6.41. The number of hydrogen-bond acceptors (Lipinski definition) is 4. The molecule has 0 saturated carbocycles. The Bertz CT molecular complexity index is 244. The lowest BCUT2D eigenvalue weighted by Crippen LogP contribution is -2.33. The van der Waals surface area contributed by atoms with Crippen molar-refractivity contribution in [3.63, 3.8) is 0 Å². The summed E-state index contributed by atoms with van der Waals surface area (Å²) in [5.41, 5.74) is -1.30. The quantitative estimate of drug-likeness (QED) is 0.702. The molecule has 1 fully saturated rings. The van der Waals surface area contributed by atoms with Gasteiger partial charge in [-0.25, -0.2) is 0 Å². The van der Waals surface area contributed by atoms with E-state index >= 15 is 0 Å². The zero-order chi connectivity index (χ0) is 14.3. The van der Waals surface area contributed by atoms with Crippen molar-refractivity contribution in [2.75, 3.05) is 19.8 Å². The predicted molar refractivity (Wildman–Crippen MR) is 70.3 cm³/mol. The predicted octanol–water partition coefficient (Wildman–Crippen LogP) is 2.08. The Hall–Kier alpha value is -0.160. The second kappa shape index (κ2) is 8.10. The van der Waals surface area contributed by atoms with Gasteiger partial charge in [0.25, 0.3) is 0 Å². The number of ether oxygens (including phenoxy) is 2. The van der Waals surface area contributed by atoms with Crippen LogP contribution in [0.2, 0.25) is 0 Å². The first kappa shape index (κ1) is 14.3. The van der Waals surface area contributed by atoms with Gasteiger partial charge in [-0.15, -0.1) is 0 Å². The zero-order valence-corrected chi connectivity index (χ0v) is 11.6. The Labute approximate surface area is 112 Å². The smallest absolute Gasteiger partial charge is 0.157 e. The highest BCUT2D eigenvalue weighted by molar-refractivity contribution is 4.76. The highest BCUT2D eigenvalue weighted by Gasteiger charge is 2.24. The summed E-state index contributed by atoms with van der Waals surface area (Å²) in [6.45, 7) is 4.66. The first-order valence-electron chi connectivity index (χ1n) is 7.54. The van der Waals surface area contributed by atoms with E-state index in [1.54, 1.807) is 6.92 Å². The second-order valence-corrected chi connectivity index (χ2v) is 5.32. The summed E-state index contributed by atoms with van der Waals surface area (Å²) in [7, 11) is 0. The van der Waals surface area contributed by atoms with E-state index in [1.165, 1.54) is 0 Å². The maximum absolute atomic E-state index is 10.1. The van der Waals surface area contributed by atoms with Crippen LogP contribution in [0.5, 0.6) is 0 Å². The van der Waals surface area contributed by atoms with Crippen LogP contribution in [0.1, 0.15) is 53.7 Å². The highest BCUT2D eigenvalue weighted by Crippen LogP contribution is 2.21. The van der Waals surface area contributed by atoms with Gasteiger partial charge in [0.05, 0.1) is 18.8 Å². The third kappa shape index (κ3) is 5.65. The molecule has 0 aliphatic carbocycles. The standard InChI is InChI=1S/C14H28O4/c1-3-14(16,11-15)8-7-12(2)10-18-13-6-4-5-9-17-13/h12-13,15-16H,3-11H2,1-2H3/t12-,13?,14+/m1/s1/i3D/t3?,12-,13?,14+. The maximum atomic E-state index is 10.1. The van der Waals surface area contributed by atoms with Crippen LogP contribution < -0.4 is 0 Å². The van der Waals surface area contributed by atoms with Crippen LogP contribution in [0.25, 0.3) is 0 Å². The van der Waals surface area contributed by atoms with Crippen LogP contribution in [-0.4, -0.2) is 41.9 Å². The van der Waals surface area contributed by atoms with E-state index in [2.05, 4.69) is 6.92 Å². The fourth-order valence-corrected chi connectivity index (χ4v) is 2.01. The fourth-order valence-electron chi connectivity index (χ4n) is 2.01. The molecule has 4 atom stereocenters. The van der Waals surface area contributed by atoms with E-state index < -0.39 is 12.0 Å². The lowest BCUT2D eigenvalue weighted by atomic mass is 9.92. The number of aliphatic hydroxyl groups excluding tert-OH is 1. The average molecular weight is 261 g/mol. The summed E-state index contributed by atoms with van der Waals surface area (Å²) >= 11 is 0. The molecule has 4 nitrogen and oxygen atoms in total. The molecule has 108 valence electrons. The summed E-state index contributed by atoms with van der Waals surface area (Å²) < 4.78 is 18.8. The van der Waals surface area contributed by atoms with Gasteiger partial charge in [0.15, 0.2) is 6.29 Å². The summed E-state index contributed by atoms with van der Waals surface area (Å²) in [5.74, 6) is 0.280. The minimum absolute atomic E-state index is 0.0805. The molecule has 0 amide bonds. The zero-order valence-electron chi connectivity index (χ0n) is 12.6. The van der Waals surface area contributed by atoms with Gasteiger partial charge in [-0.3, -0.25) is 0 Å². The van der Waals surface area contributed by atoms with Gasteiger partial charge in [-0.1, -0.05) is 13.8 Å². The molecule has 1 aliphatic rings. The van der Waals surface area contributed by atoms with Crippen LogP contribution in [0.3, 0.4) is 0 Å². The van der Waals surface area contributed by atoms with E-state index in [9.17, 15) is 10.2 Å². The normalized spacial score (nSPS) is 28.2. The van der Waals surface area contributed by atoms with Crippen molar-refractivity contribution >= 4 is 0 Å². The largest absolute Gasteiger partial charge is 0.393 e. The fraction of sp³-hybridized carbons (Fsp3) is 1.00.